The molecular weight excluding hydrogens is 327 g/mol. The van der Waals surface area contributed by atoms with E-state index in [1.54, 1.807) is 32.0 Å². The summed E-state index contributed by atoms with van der Waals surface area (Å²) in [7, 11) is 0. The summed E-state index contributed by atoms with van der Waals surface area (Å²) < 4.78 is 5.57. The summed E-state index contributed by atoms with van der Waals surface area (Å²) in [5, 5.41) is 3.48. The summed E-state index contributed by atoms with van der Waals surface area (Å²) in [4.78, 5) is 25.4. The van der Waals surface area contributed by atoms with Gasteiger partial charge in [0.2, 0.25) is 5.91 Å². The minimum atomic E-state index is -0.756. The molecule has 1 aromatic carbocycles. The normalized spacial score (nSPS) is 11.7. The number of likely N-dealkylation sites (N-methyl/N-ethyl adjacent to an activating group) is 2. The van der Waals surface area contributed by atoms with E-state index in [0.29, 0.717) is 28.9 Å². The van der Waals surface area contributed by atoms with Crippen LogP contribution in [0.5, 0.6) is 5.75 Å². The molecule has 0 saturated heterocycles. The van der Waals surface area contributed by atoms with E-state index in [4.69, 9.17) is 27.9 Å². The van der Waals surface area contributed by atoms with Gasteiger partial charge in [0.25, 0.3) is 5.91 Å². The lowest BCUT2D eigenvalue weighted by molar-refractivity contribution is -0.141. The molecule has 2 amide bonds. The van der Waals surface area contributed by atoms with Crippen molar-refractivity contribution in [3.8, 4) is 5.75 Å². The zero-order chi connectivity index (χ0) is 16.7. The Bertz CT molecular complexity index is 538. The maximum absolute atomic E-state index is 12.3. The number of benzene rings is 1. The van der Waals surface area contributed by atoms with Crippen molar-refractivity contribution in [2.45, 2.75) is 26.9 Å². The van der Waals surface area contributed by atoms with Crippen molar-refractivity contribution < 1.29 is 14.3 Å². The van der Waals surface area contributed by atoms with Crippen LogP contribution < -0.4 is 10.1 Å². The first-order chi connectivity index (χ1) is 10.4. The van der Waals surface area contributed by atoms with Crippen LogP contribution in [0, 0.1) is 0 Å². The zero-order valence-electron chi connectivity index (χ0n) is 12.9. The van der Waals surface area contributed by atoms with Crippen LogP contribution >= 0.6 is 23.2 Å². The predicted octanol–water partition coefficient (Wildman–Crippen LogP) is 2.75. The van der Waals surface area contributed by atoms with Crippen LogP contribution in [0.3, 0.4) is 0 Å². The molecule has 0 heterocycles. The molecule has 0 saturated carbocycles. The highest BCUT2D eigenvalue weighted by Crippen LogP contribution is 2.28. The number of nitrogens with zero attached hydrogens (tertiary/aromatic N) is 1. The Kier molecular flexibility index (Phi) is 7.48. The highest BCUT2D eigenvalue weighted by molar-refractivity contribution is 6.35. The number of amides is 2. The molecule has 0 radical (unpaired) electrons. The Morgan fingerprint density at radius 2 is 2.00 bits per heavy atom. The Labute approximate surface area is 140 Å². The molecule has 0 bridgehead atoms. The molecule has 0 aliphatic carbocycles. The molecule has 22 heavy (non-hydrogen) atoms. The fourth-order valence-corrected chi connectivity index (χ4v) is 2.29. The van der Waals surface area contributed by atoms with E-state index in [2.05, 4.69) is 5.32 Å². The molecule has 0 aromatic heterocycles. The van der Waals surface area contributed by atoms with Crippen molar-refractivity contribution in [3.63, 3.8) is 0 Å². The first-order valence-electron chi connectivity index (χ1n) is 7.06. The fraction of sp³-hybridized carbons (Fsp3) is 0.467. The van der Waals surface area contributed by atoms with Crippen molar-refractivity contribution in [1.29, 1.82) is 0 Å². The maximum Gasteiger partial charge on any atom is 0.263 e. The van der Waals surface area contributed by atoms with E-state index < -0.39 is 6.10 Å². The molecule has 1 rings (SSSR count). The lowest BCUT2D eigenvalue weighted by Crippen LogP contribution is -2.45. The third kappa shape index (κ3) is 5.39. The monoisotopic (exact) mass is 346 g/mol. The average molecular weight is 347 g/mol. The Balaban J connectivity index is 2.71. The SMILES string of the molecule is CCNC(=O)CN(CC)C(=O)C(C)Oc1ccc(Cl)cc1Cl. The van der Waals surface area contributed by atoms with E-state index in [1.807, 2.05) is 6.92 Å². The van der Waals surface area contributed by atoms with E-state index in [9.17, 15) is 9.59 Å². The van der Waals surface area contributed by atoms with Gasteiger partial charge in [-0.05, 0) is 39.0 Å². The smallest absolute Gasteiger partial charge is 0.263 e. The number of carbonyl (C=O) groups is 2. The number of halogens is 2. The van der Waals surface area contributed by atoms with Crippen molar-refractivity contribution in [2.75, 3.05) is 19.6 Å². The molecule has 1 unspecified atom stereocenters. The number of carbonyl (C=O) groups excluding carboxylic acids is 2. The quantitative estimate of drug-likeness (QED) is 0.825. The second-order valence-corrected chi connectivity index (χ2v) is 5.48. The van der Waals surface area contributed by atoms with Crippen molar-refractivity contribution in [3.05, 3.63) is 28.2 Å². The Morgan fingerprint density at radius 3 is 2.55 bits per heavy atom. The number of rotatable bonds is 7. The van der Waals surface area contributed by atoms with Gasteiger partial charge in [0.05, 0.1) is 11.6 Å². The van der Waals surface area contributed by atoms with Gasteiger partial charge in [-0.15, -0.1) is 0 Å². The highest BCUT2D eigenvalue weighted by Gasteiger charge is 2.23. The number of hydrogen-bond acceptors (Lipinski definition) is 3. The number of ether oxygens (including phenoxy) is 1. The maximum atomic E-state index is 12.3. The highest BCUT2D eigenvalue weighted by atomic mass is 35.5. The second-order valence-electron chi connectivity index (χ2n) is 4.64. The van der Waals surface area contributed by atoms with E-state index in [-0.39, 0.29) is 18.4 Å². The van der Waals surface area contributed by atoms with Crippen LogP contribution in [0.25, 0.3) is 0 Å². The summed E-state index contributed by atoms with van der Waals surface area (Å²) in [6.45, 7) is 6.19. The van der Waals surface area contributed by atoms with Crippen LogP contribution in [-0.2, 0) is 9.59 Å². The third-order valence-electron chi connectivity index (χ3n) is 2.95. The van der Waals surface area contributed by atoms with Gasteiger partial charge in [0, 0.05) is 18.1 Å². The molecule has 7 heteroatoms. The number of hydrogen-bond donors (Lipinski definition) is 1. The van der Waals surface area contributed by atoms with Crippen LogP contribution in [0.15, 0.2) is 18.2 Å². The molecular formula is C15H20Cl2N2O3. The average Bonchev–Trinajstić information content (AvgIpc) is 2.47. The van der Waals surface area contributed by atoms with Gasteiger partial charge in [-0.3, -0.25) is 9.59 Å². The van der Waals surface area contributed by atoms with Gasteiger partial charge in [0.15, 0.2) is 6.10 Å². The lowest BCUT2D eigenvalue weighted by Gasteiger charge is -2.24. The first-order valence-corrected chi connectivity index (χ1v) is 7.81. The van der Waals surface area contributed by atoms with Crippen LogP contribution in [0.2, 0.25) is 10.0 Å². The van der Waals surface area contributed by atoms with Crippen molar-refractivity contribution >= 4 is 35.0 Å². The molecule has 0 aliphatic heterocycles. The predicted molar refractivity (Wildman–Crippen MR) is 87.5 cm³/mol. The van der Waals surface area contributed by atoms with Crippen molar-refractivity contribution in [1.82, 2.24) is 10.2 Å². The summed E-state index contributed by atoms with van der Waals surface area (Å²) in [5.74, 6) is -0.102. The van der Waals surface area contributed by atoms with Gasteiger partial charge in [-0.25, -0.2) is 0 Å². The lowest BCUT2D eigenvalue weighted by atomic mass is 10.3. The molecule has 122 valence electrons. The van der Waals surface area contributed by atoms with Gasteiger partial charge >= 0.3 is 0 Å². The molecule has 1 aromatic rings. The molecule has 1 atom stereocenters. The molecule has 0 spiro atoms. The minimum absolute atomic E-state index is 0.00518. The number of nitrogens with one attached hydrogen (secondary N) is 1. The van der Waals surface area contributed by atoms with E-state index in [0.717, 1.165) is 0 Å². The van der Waals surface area contributed by atoms with Crippen LogP contribution in [0.1, 0.15) is 20.8 Å². The Hall–Kier alpha value is -1.46. The van der Waals surface area contributed by atoms with Gasteiger partial charge < -0.3 is 15.0 Å². The first kappa shape index (κ1) is 18.6. The standard InChI is InChI=1S/C15H20Cl2N2O3/c1-4-18-14(20)9-19(5-2)15(21)10(3)22-13-7-6-11(16)8-12(13)17/h6-8,10H,4-5,9H2,1-3H3,(H,18,20). The second kappa shape index (κ2) is 8.86. The topological polar surface area (TPSA) is 58.6 Å². The van der Waals surface area contributed by atoms with Gasteiger partial charge in [-0.2, -0.15) is 0 Å². The van der Waals surface area contributed by atoms with Gasteiger partial charge in [0.1, 0.15) is 5.75 Å². The molecule has 5 nitrogen and oxygen atoms in total. The molecule has 1 N–H and O–H groups in total. The summed E-state index contributed by atoms with van der Waals surface area (Å²) in [6.07, 6.45) is -0.756. The van der Waals surface area contributed by atoms with Crippen LogP contribution in [-0.4, -0.2) is 42.5 Å². The summed E-state index contributed by atoms with van der Waals surface area (Å²) >= 11 is 11.8. The summed E-state index contributed by atoms with van der Waals surface area (Å²) in [5.41, 5.74) is 0. The summed E-state index contributed by atoms with van der Waals surface area (Å²) in [6, 6.07) is 4.78. The van der Waals surface area contributed by atoms with E-state index in [1.165, 1.54) is 4.90 Å². The molecule has 0 aliphatic rings. The largest absolute Gasteiger partial charge is 0.479 e. The fourth-order valence-electron chi connectivity index (χ4n) is 1.84. The van der Waals surface area contributed by atoms with E-state index >= 15 is 0 Å². The van der Waals surface area contributed by atoms with Gasteiger partial charge in [-0.1, -0.05) is 23.2 Å². The molecule has 0 fully saturated rings. The minimum Gasteiger partial charge on any atom is -0.479 e. The third-order valence-corrected chi connectivity index (χ3v) is 3.48. The van der Waals surface area contributed by atoms with Crippen LogP contribution in [0.4, 0.5) is 0 Å². The van der Waals surface area contributed by atoms with Crippen molar-refractivity contribution in [2.24, 2.45) is 0 Å². The zero-order valence-corrected chi connectivity index (χ0v) is 14.4. The Morgan fingerprint density at radius 1 is 1.32 bits per heavy atom.